The minimum Gasteiger partial charge on any atom is -0.508 e. The zero-order chi connectivity index (χ0) is 13.4. The van der Waals surface area contributed by atoms with Crippen LogP contribution in [0.25, 0.3) is 0 Å². The lowest BCUT2D eigenvalue weighted by Crippen LogP contribution is -2.33. The smallest absolute Gasteiger partial charge is 0.233 e. The number of benzene rings is 1. The first kappa shape index (κ1) is 14.3. The lowest BCUT2D eigenvalue weighted by atomic mass is 10.2. The number of nitrogens with one attached hydrogen (secondary N) is 2. The van der Waals surface area contributed by atoms with Crippen LogP contribution in [0.1, 0.15) is 18.9 Å². The Hall–Kier alpha value is -1.75. The molecule has 0 saturated heterocycles. The Morgan fingerprint density at radius 3 is 2.89 bits per heavy atom. The summed E-state index contributed by atoms with van der Waals surface area (Å²) in [6.45, 7) is 3.34. The van der Waals surface area contributed by atoms with Crippen molar-refractivity contribution in [1.29, 1.82) is 0 Å². The van der Waals surface area contributed by atoms with E-state index in [0.717, 1.165) is 6.42 Å². The van der Waals surface area contributed by atoms with E-state index in [1.807, 2.05) is 6.92 Å². The van der Waals surface area contributed by atoms with Crippen LogP contribution in [-0.2, 0) is 11.3 Å². The van der Waals surface area contributed by atoms with E-state index in [4.69, 9.17) is 4.74 Å². The SMILES string of the molecule is CCCNC(=O)CNCc1cc(OC)ccc1O. The van der Waals surface area contributed by atoms with E-state index in [1.54, 1.807) is 25.3 Å². The summed E-state index contributed by atoms with van der Waals surface area (Å²) >= 11 is 0. The fraction of sp³-hybridized carbons (Fsp3) is 0.462. The van der Waals surface area contributed by atoms with Crippen LogP contribution >= 0.6 is 0 Å². The summed E-state index contributed by atoms with van der Waals surface area (Å²) in [5, 5.41) is 15.4. The van der Waals surface area contributed by atoms with E-state index in [2.05, 4.69) is 10.6 Å². The zero-order valence-corrected chi connectivity index (χ0v) is 10.8. The van der Waals surface area contributed by atoms with Crippen molar-refractivity contribution in [1.82, 2.24) is 10.6 Å². The lowest BCUT2D eigenvalue weighted by Gasteiger charge is -2.09. The predicted octanol–water partition coefficient (Wildman–Crippen LogP) is 1.02. The molecule has 0 aromatic heterocycles. The van der Waals surface area contributed by atoms with Gasteiger partial charge in [-0.3, -0.25) is 4.79 Å². The second kappa shape index (κ2) is 7.55. The van der Waals surface area contributed by atoms with Gasteiger partial charge in [-0.25, -0.2) is 0 Å². The molecule has 0 fully saturated rings. The van der Waals surface area contributed by atoms with Gasteiger partial charge in [-0.05, 0) is 24.6 Å². The maximum absolute atomic E-state index is 11.3. The maximum Gasteiger partial charge on any atom is 0.233 e. The van der Waals surface area contributed by atoms with Gasteiger partial charge in [0.1, 0.15) is 11.5 Å². The van der Waals surface area contributed by atoms with Crippen molar-refractivity contribution >= 4 is 5.91 Å². The van der Waals surface area contributed by atoms with Gasteiger partial charge >= 0.3 is 0 Å². The van der Waals surface area contributed by atoms with Crippen molar-refractivity contribution in [2.75, 3.05) is 20.2 Å². The largest absolute Gasteiger partial charge is 0.508 e. The number of hydrogen-bond donors (Lipinski definition) is 3. The summed E-state index contributed by atoms with van der Waals surface area (Å²) in [5.74, 6) is 0.830. The van der Waals surface area contributed by atoms with E-state index < -0.39 is 0 Å². The number of phenols is 1. The van der Waals surface area contributed by atoms with Gasteiger partial charge in [-0.15, -0.1) is 0 Å². The van der Waals surface area contributed by atoms with Gasteiger partial charge in [0.15, 0.2) is 0 Å². The number of hydrogen-bond acceptors (Lipinski definition) is 4. The molecule has 0 aliphatic heterocycles. The molecule has 0 aliphatic carbocycles. The highest BCUT2D eigenvalue weighted by atomic mass is 16.5. The Morgan fingerprint density at radius 1 is 1.44 bits per heavy atom. The molecule has 3 N–H and O–H groups in total. The highest BCUT2D eigenvalue weighted by Gasteiger charge is 2.04. The molecule has 1 rings (SSSR count). The van der Waals surface area contributed by atoms with Gasteiger partial charge in [0.25, 0.3) is 0 Å². The molecule has 0 saturated carbocycles. The summed E-state index contributed by atoms with van der Waals surface area (Å²) in [5.41, 5.74) is 0.706. The van der Waals surface area contributed by atoms with Crippen LogP contribution in [0, 0.1) is 0 Å². The number of ether oxygens (including phenoxy) is 1. The van der Waals surface area contributed by atoms with Gasteiger partial charge in [-0.1, -0.05) is 6.92 Å². The molecule has 1 amide bonds. The lowest BCUT2D eigenvalue weighted by molar-refractivity contribution is -0.120. The summed E-state index contributed by atoms with van der Waals surface area (Å²) in [6.07, 6.45) is 0.919. The standard InChI is InChI=1S/C13H20N2O3/c1-3-6-15-13(17)9-14-8-10-7-11(18-2)4-5-12(10)16/h4-5,7,14,16H,3,6,8-9H2,1-2H3,(H,15,17). The molecule has 0 unspecified atom stereocenters. The quantitative estimate of drug-likeness (QED) is 0.677. The van der Waals surface area contributed by atoms with Crippen LogP contribution in [0.15, 0.2) is 18.2 Å². The number of phenolic OH excluding ortho intramolecular Hbond substituents is 1. The maximum atomic E-state index is 11.3. The van der Waals surface area contributed by atoms with Crippen molar-refractivity contribution < 1.29 is 14.6 Å². The molecule has 5 nitrogen and oxygen atoms in total. The Morgan fingerprint density at radius 2 is 2.22 bits per heavy atom. The Labute approximate surface area is 107 Å². The van der Waals surface area contributed by atoms with Gasteiger partial charge in [-0.2, -0.15) is 0 Å². The average Bonchev–Trinajstić information content (AvgIpc) is 2.38. The molecule has 100 valence electrons. The van der Waals surface area contributed by atoms with E-state index in [9.17, 15) is 9.90 Å². The third-order valence-electron chi connectivity index (χ3n) is 2.46. The molecular formula is C13H20N2O3. The van der Waals surface area contributed by atoms with Crippen LogP contribution in [0.5, 0.6) is 11.5 Å². The first-order chi connectivity index (χ1) is 8.67. The summed E-state index contributed by atoms with van der Waals surface area (Å²) in [7, 11) is 1.57. The predicted molar refractivity (Wildman–Crippen MR) is 69.7 cm³/mol. The Bertz CT molecular complexity index is 394. The summed E-state index contributed by atoms with van der Waals surface area (Å²) in [4.78, 5) is 11.3. The van der Waals surface area contributed by atoms with Gasteiger partial charge < -0.3 is 20.5 Å². The second-order valence-corrected chi connectivity index (χ2v) is 3.95. The second-order valence-electron chi connectivity index (χ2n) is 3.95. The zero-order valence-electron chi connectivity index (χ0n) is 10.8. The molecule has 0 atom stereocenters. The van der Waals surface area contributed by atoms with E-state index in [-0.39, 0.29) is 18.2 Å². The molecule has 1 aromatic rings. The molecular weight excluding hydrogens is 232 g/mol. The molecule has 0 heterocycles. The topological polar surface area (TPSA) is 70.6 Å². The Kier molecular flexibility index (Phi) is 6.00. The highest BCUT2D eigenvalue weighted by molar-refractivity contribution is 5.77. The molecule has 0 bridgehead atoms. The fourth-order valence-electron chi connectivity index (χ4n) is 1.47. The number of rotatable bonds is 7. The van der Waals surface area contributed by atoms with Crippen molar-refractivity contribution in [2.24, 2.45) is 0 Å². The summed E-state index contributed by atoms with van der Waals surface area (Å²) in [6, 6.07) is 5.01. The summed E-state index contributed by atoms with van der Waals surface area (Å²) < 4.78 is 5.07. The number of methoxy groups -OCH3 is 1. The fourth-order valence-corrected chi connectivity index (χ4v) is 1.47. The highest BCUT2D eigenvalue weighted by Crippen LogP contribution is 2.22. The minimum atomic E-state index is -0.0424. The van der Waals surface area contributed by atoms with Crippen LogP contribution in [0.2, 0.25) is 0 Å². The molecule has 1 aromatic carbocycles. The monoisotopic (exact) mass is 252 g/mol. The van der Waals surface area contributed by atoms with E-state index in [1.165, 1.54) is 0 Å². The van der Waals surface area contributed by atoms with Crippen molar-refractivity contribution in [2.45, 2.75) is 19.9 Å². The normalized spacial score (nSPS) is 10.1. The van der Waals surface area contributed by atoms with Gasteiger partial charge in [0.05, 0.1) is 13.7 Å². The van der Waals surface area contributed by atoms with Crippen LogP contribution in [0.4, 0.5) is 0 Å². The molecule has 0 radical (unpaired) electrons. The molecule has 5 heteroatoms. The molecule has 0 spiro atoms. The van der Waals surface area contributed by atoms with Gasteiger partial charge in [0.2, 0.25) is 5.91 Å². The van der Waals surface area contributed by atoms with Crippen LogP contribution in [0.3, 0.4) is 0 Å². The van der Waals surface area contributed by atoms with Crippen molar-refractivity contribution in [3.63, 3.8) is 0 Å². The molecule has 18 heavy (non-hydrogen) atoms. The first-order valence-corrected chi connectivity index (χ1v) is 6.00. The third-order valence-corrected chi connectivity index (χ3v) is 2.46. The van der Waals surface area contributed by atoms with Gasteiger partial charge in [0, 0.05) is 18.7 Å². The van der Waals surface area contributed by atoms with Crippen molar-refractivity contribution in [3.05, 3.63) is 23.8 Å². The van der Waals surface area contributed by atoms with Crippen LogP contribution < -0.4 is 15.4 Å². The number of carbonyl (C=O) groups is 1. The number of amides is 1. The first-order valence-electron chi connectivity index (χ1n) is 6.00. The Balaban J connectivity index is 2.41. The average molecular weight is 252 g/mol. The van der Waals surface area contributed by atoms with E-state index >= 15 is 0 Å². The molecule has 0 aliphatic rings. The minimum absolute atomic E-state index is 0.0424. The number of carbonyl (C=O) groups excluding carboxylic acids is 1. The van der Waals surface area contributed by atoms with Crippen molar-refractivity contribution in [3.8, 4) is 11.5 Å². The third kappa shape index (κ3) is 4.63. The van der Waals surface area contributed by atoms with Crippen LogP contribution in [-0.4, -0.2) is 31.2 Å². The number of aromatic hydroxyl groups is 1. The van der Waals surface area contributed by atoms with E-state index in [0.29, 0.717) is 24.4 Å².